The van der Waals surface area contributed by atoms with Crippen molar-refractivity contribution >= 4 is 23.6 Å². The van der Waals surface area contributed by atoms with Crippen LogP contribution in [0.4, 0.5) is 0 Å². The molecule has 108 valence electrons. The summed E-state index contributed by atoms with van der Waals surface area (Å²) in [6.07, 6.45) is -1.61. The quantitative estimate of drug-likeness (QED) is 0.358. The summed E-state index contributed by atoms with van der Waals surface area (Å²) in [6.45, 7) is -0.00832. The van der Waals surface area contributed by atoms with Gasteiger partial charge in [-0.1, -0.05) is 0 Å². The molecule has 0 aromatic heterocycles. The van der Waals surface area contributed by atoms with Crippen LogP contribution in [0.3, 0.4) is 0 Å². The minimum Gasteiger partial charge on any atom is -0.479 e. The summed E-state index contributed by atoms with van der Waals surface area (Å²) < 4.78 is 0. The van der Waals surface area contributed by atoms with Crippen LogP contribution in [0.1, 0.15) is 13.3 Å². The van der Waals surface area contributed by atoms with Crippen molar-refractivity contribution in [2.24, 2.45) is 11.5 Å². The van der Waals surface area contributed by atoms with E-state index in [2.05, 4.69) is 0 Å². The van der Waals surface area contributed by atoms with E-state index in [0.29, 0.717) is 0 Å². The molecule has 2 atom stereocenters. The molecule has 0 bridgehead atoms. The maximum Gasteiger partial charge on any atom is 0.334 e. The van der Waals surface area contributed by atoms with Crippen molar-refractivity contribution < 1.29 is 29.4 Å². The second kappa shape index (κ2) is 7.56. The van der Waals surface area contributed by atoms with Crippen LogP contribution in [-0.4, -0.2) is 63.9 Å². The number of carboxylic acids is 1. The number of aliphatic hydroxyl groups is 1. The molecule has 19 heavy (non-hydrogen) atoms. The zero-order chi connectivity index (χ0) is 15.2. The lowest BCUT2D eigenvalue weighted by molar-refractivity contribution is -0.161. The number of aliphatic hydroxyl groups excluding tert-OH is 1. The van der Waals surface area contributed by atoms with E-state index in [0.717, 1.165) is 0 Å². The third kappa shape index (κ3) is 4.73. The van der Waals surface area contributed by atoms with Gasteiger partial charge in [0.2, 0.25) is 11.8 Å². The summed E-state index contributed by atoms with van der Waals surface area (Å²) >= 11 is 0. The van der Waals surface area contributed by atoms with Crippen molar-refractivity contribution in [2.75, 3.05) is 13.1 Å². The summed E-state index contributed by atoms with van der Waals surface area (Å²) in [6, 6.07) is -2.03. The lowest BCUT2D eigenvalue weighted by Crippen LogP contribution is -2.56. The molecule has 0 radical (unpaired) electrons. The Morgan fingerprint density at radius 2 is 1.53 bits per heavy atom. The van der Waals surface area contributed by atoms with Gasteiger partial charge in [0.05, 0.1) is 19.2 Å². The predicted octanol–water partition coefficient (Wildman–Crippen LogP) is -2.95. The molecule has 0 aliphatic heterocycles. The Morgan fingerprint density at radius 3 is 1.79 bits per heavy atom. The van der Waals surface area contributed by atoms with Crippen LogP contribution in [0.25, 0.3) is 0 Å². The van der Waals surface area contributed by atoms with Crippen LogP contribution in [0.15, 0.2) is 0 Å². The Bertz CT molecular complexity index is 365. The first-order valence-corrected chi connectivity index (χ1v) is 5.44. The molecule has 9 nitrogen and oxygen atoms in total. The molecular formula is C10H17N3O6. The normalized spacial score (nSPS) is 13.5. The number of nitrogens with two attached hydrogens (primary N) is 2. The Balaban J connectivity index is 5.40. The van der Waals surface area contributed by atoms with Gasteiger partial charge in [0.25, 0.3) is 0 Å². The minimum atomic E-state index is -2.03. The standard InChI is InChI=1S/C10H17N3O6/c1-5(14)2-6(15)9(10(18)19)13(7(16)3-11)8(17)4-12/h5,9,14H,2-4,11-12H2,1H3,(H,18,19). The Labute approximate surface area is 109 Å². The zero-order valence-electron chi connectivity index (χ0n) is 10.4. The molecule has 0 rings (SSSR count). The van der Waals surface area contributed by atoms with E-state index < -0.39 is 55.2 Å². The molecule has 6 N–H and O–H groups in total. The van der Waals surface area contributed by atoms with E-state index in [1.807, 2.05) is 0 Å². The van der Waals surface area contributed by atoms with Crippen LogP contribution in [-0.2, 0) is 19.2 Å². The Morgan fingerprint density at radius 1 is 1.11 bits per heavy atom. The molecule has 0 fully saturated rings. The average Bonchev–Trinajstić information content (AvgIpc) is 2.32. The molecule has 9 heteroatoms. The number of amides is 2. The number of carbonyl (C=O) groups excluding carboxylic acids is 3. The summed E-state index contributed by atoms with van der Waals surface area (Å²) in [7, 11) is 0. The number of carboxylic acid groups (broad SMARTS) is 1. The SMILES string of the molecule is CC(O)CC(=O)C(C(=O)O)N(C(=O)CN)C(=O)CN. The van der Waals surface area contributed by atoms with Crippen LogP contribution >= 0.6 is 0 Å². The first kappa shape index (κ1) is 17.2. The average molecular weight is 275 g/mol. The monoisotopic (exact) mass is 275 g/mol. The van der Waals surface area contributed by atoms with Gasteiger partial charge >= 0.3 is 5.97 Å². The van der Waals surface area contributed by atoms with E-state index in [4.69, 9.17) is 21.7 Å². The fourth-order valence-corrected chi connectivity index (χ4v) is 1.42. The fourth-order valence-electron chi connectivity index (χ4n) is 1.42. The van der Waals surface area contributed by atoms with Crippen molar-refractivity contribution in [3.63, 3.8) is 0 Å². The smallest absolute Gasteiger partial charge is 0.334 e. The third-order valence-corrected chi connectivity index (χ3v) is 2.18. The van der Waals surface area contributed by atoms with Gasteiger partial charge in [0, 0.05) is 6.42 Å². The molecule has 0 aliphatic carbocycles. The summed E-state index contributed by atoms with van der Waals surface area (Å²) in [5.41, 5.74) is 10.1. The van der Waals surface area contributed by atoms with E-state index >= 15 is 0 Å². The number of imide groups is 1. The van der Waals surface area contributed by atoms with E-state index in [-0.39, 0.29) is 4.90 Å². The van der Waals surface area contributed by atoms with Gasteiger partial charge in [0.15, 0.2) is 11.8 Å². The second-order valence-electron chi connectivity index (χ2n) is 3.83. The number of nitrogens with zero attached hydrogens (tertiary/aromatic N) is 1. The van der Waals surface area contributed by atoms with Gasteiger partial charge in [-0.3, -0.25) is 19.3 Å². The van der Waals surface area contributed by atoms with Crippen molar-refractivity contribution in [2.45, 2.75) is 25.5 Å². The zero-order valence-corrected chi connectivity index (χ0v) is 10.4. The summed E-state index contributed by atoms with van der Waals surface area (Å²) in [5, 5.41) is 18.1. The van der Waals surface area contributed by atoms with Crippen LogP contribution in [0.5, 0.6) is 0 Å². The molecule has 0 aromatic rings. The maximum atomic E-state index is 11.7. The highest BCUT2D eigenvalue weighted by Gasteiger charge is 2.38. The molecule has 0 heterocycles. The third-order valence-electron chi connectivity index (χ3n) is 2.18. The van der Waals surface area contributed by atoms with E-state index in [1.165, 1.54) is 6.92 Å². The van der Waals surface area contributed by atoms with Gasteiger partial charge in [-0.15, -0.1) is 0 Å². The number of rotatable bonds is 7. The molecule has 0 spiro atoms. The lowest BCUT2D eigenvalue weighted by Gasteiger charge is -2.25. The molecule has 2 unspecified atom stereocenters. The minimum absolute atomic E-state index is 0.229. The molecule has 0 saturated carbocycles. The molecule has 0 aromatic carbocycles. The predicted molar refractivity (Wildman–Crippen MR) is 62.7 cm³/mol. The van der Waals surface area contributed by atoms with Crippen molar-refractivity contribution in [3.05, 3.63) is 0 Å². The van der Waals surface area contributed by atoms with Crippen LogP contribution in [0.2, 0.25) is 0 Å². The number of aliphatic carboxylic acids is 1. The summed E-state index contributed by atoms with van der Waals surface area (Å²) in [5.74, 6) is -4.72. The highest BCUT2D eigenvalue weighted by Crippen LogP contribution is 2.07. The number of hydrogen-bond acceptors (Lipinski definition) is 7. The van der Waals surface area contributed by atoms with Crippen molar-refractivity contribution in [3.8, 4) is 0 Å². The fraction of sp³-hybridized carbons (Fsp3) is 0.600. The lowest BCUT2D eigenvalue weighted by atomic mass is 10.0. The van der Waals surface area contributed by atoms with Crippen LogP contribution in [0, 0.1) is 0 Å². The molecule has 0 saturated heterocycles. The Kier molecular flexibility index (Phi) is 6.83. The topological polar surface area (TPSA) is 164 Å². The van der Waals surface area contributed by atoms with Gasteiger partial charge in [-0.25, -0.2) is 4.79 Å². The molecule has 2 amide bonds. The number of ketones is 1. The highest BCUT2D eigenvalue weighted by atomic mass is 16.4. The van der Waals surface area contributed by atoms with Gasteiger partial charge < -0.3 is 21.7 Å². The number of hydrogen-bond donors (Lipinski definition) is 4. The largest absolute Gasteiger partial charge is 0.479 e. The maximum absolute atomic E-state index is 11.7. The first-order chi connectivity index (χ1) is 8.76. The highest BCUT2D eigenvalue weighted by molar-refractivity contribution is 6.11. The van der Waals surface area contributed by atoms with Crippen LogP contribution < -0.4 is 11.5 Å². The molecular weight excluding hydrogens is 258 g/mol. The Hall–Kier alpha value is -1.84. The van der Waals surface area contributed by atoms with Gasteiger partial charge in [0.1, 0.15) is 0 Å². The van der Waals surface area contributed by atoms with Gasteiger partial charge in [-0.2, -0.15) is 0 Å². The second-order valence-corrected chi connectivity index (χ2v) is 3.83. The van der Waals surface area contributed by atoms with Crippen molar-refractivity contribution in [1.82, 2.24) is 4.90 Å². The number of Topliss-reactive ketones (excluding diaryl/α,β-unsaturated/α-hetero) is 1. The summed E-state index contributed by atoms with van der Waals surface area (Å²) in [4.78, 5) is 46.0. The number of carbonyl (C=O) groups is 4. The van der Waals surface area contributed by atoms with Crippen molar-refractivity contribution in [1.29, 1.82) is 0 Å². The van der Waals surface area contributed by atoms with Gasteiger partial charge in [-0.05, 0) is 6.92 Å². The van der Waals surface area contributed by atoms with E-state index in [9.17, 15) is 19.2 Å². The van der Waals surface area contributed by atoms with E-state index in [1.54, 1.807) is 0 Å². The molecule has 0 aliphatic rings. The first-order valence-electron chi connectivity index (χ1n) is 5.44.